The predicted octanol–water partition coefficient (Wildman–Crippen LogP) is 2.40. The fourth-order valence-electron chi connectivity index (χ4n) is 1.30. The maximum atomic E-state index is 9.62. The lowest BCUT2D eigenvalue weighted by Crippen LogP contribution is -1.93. The number of nitrogens with zero attached hydrogens (tertiary/aromatic N) is 1. The number of ether oxygens (including phenoxy) is 1. The zero-order valence-electron chi connectivity index (χ0n) is 8.53. The van der Waals surface area contributed by atoms with E-state index in [9.17, 15) is 5.11 Å². The number of aromatic hydroxyl groups is 1. The lowest BCUT2D eigenvalue weighted by atomic mass is 9.99. The van der Waals surface area contributed by atoms with Gasteiger partial charge in [0.25, 0.3) is 0 Å². The van der Waals surface area contributed by atoms with Gasteiger partial charge in [-0.3, -0.25) is 0 Å². The van der Waals surface area contributed by atoms with Crippen LogP contribution in [0.3, 0.4) is 0 Å². The van der Waals surface area contributed by atoms with E-state index >= 15 is 0 Å². The normalized spacial score (nSPS) is 9.93. The number of methoxy groups -OCH3 is 1. The predicted molar refractivity (Wildman–Crippen MR) is 53.5 cm³/mol. The maximum Gasteiger partial charge on any atom is 0.140 e. The van der Waals surface area contributed by atoms with Crippen LogP contribution in [0.4, 0.5) is 0 Å². The van der Waals surface area contributed by atoms with Crippen LogP contribution in [0, 0.1) is 11.3 Å². The van der Waals surface area contributed by atoms with Crippen LogP contribution in [-0.4, -0.2) is 12.2 Å². The Labute approximate surface area is 83.6 Å². The molecule has 3 nitrogen and oxygen atoms in total. The number of hydrogen-bond acceptors (Lipinski definition) is 3. The first-order valence-electron chi connectivity index (χ1n) is 4.41. The van der Waals surface area contributed by atoms with Crippen LogP contribution in [0.2, 0.25) is 0 Å². The van der Waals surface area contributed by atoms with Crippen molar-refractivity contribution in [3.05, 3.63) is 23.3 Å². The summed E-state index contributed by atoms with van der Waals surface area (Å²) in [6, 6.07) is 5.18. The smallest absolute Gasteiger partial charge is 0.140 e. The third-order valence-electron chi connectivity index (χ3n) is 2.09. The third-order valence-corrected chi connectivity index (χ3v) is 2.09. The van der Waals surface area contributed by atoms with Crippen molar-refractivity contribution in [2.75, 3.05) is 7.11 Å². The SMILES string of the molecule is COc1cc(O)c(C(C)C)cc1C#N. The topological polar surface area (TPSA) is 53.2 Å². The fraction of sp³-hybridized carbons (Fsp3) is 0.364. The molecule has 0 saturated carbocycles. The monoisotopic (exact) mass is 191 g/mol. The summed E-state index contributed by atoms with van der Waals surface area (Å²) in [4.78, 5) is 0. The first-order valence-corrected chi connectivity index (χ1v) is 4.41. The largest absolute Gasteiger partial charge is 0.508 e. The van der Waals surface area contributed by atoms with Gasteiger partial charge in [-0.05, 0) is 17.5 Å². The summed E-state index contributed by atoms with van der Waals surface area (Å²) in [5, 5.41) is 18.5. The van der Waals surface area contributed by atoms with Crippen LogP contribution < -0.4 is 4.74 Å². The Morgan fingerprint density at radius 2 is 2.07 bits per heavy atom. The minimum atomic E-state index is 0.177. The lowest BCUT2D eigenvalue weighted by molar-refractivity contribution is 0.404. The molecule has 0 aliphatic rings. The van der Waals surface area contributed by atoms with Gasteiger partial charge in [0.15, 0.2) is 0 Å². The molecule has 0 spiro atoms. The number of rotatable bonds is 2. The van der Waals surface area contributed by atoms with Crippen LogP contribution in [0.25, 0.3) is 0 Å². The summed E-state index contributed by atoms with van der Waals surface area (Å²) in [6.07, 6.45) is 0. The minimum Gasteiger partial charge on any atom is -0.508 e. The highest BCUT2D eigenvalue weighted by Gasteiger charge is 2.11. The van der Waals surface area contributed by atoms with Crippen molar-refractivity contribution in [2.24, 2.45) is 0 Å². The van der Waals surface area contributed by atoms with Gasteiger partial charge in [0.05, 0.1) is 12.7 Å². The molecule has 0 unspecified atom stereocenters. The molecule has 0 amide bonds. The molecule has 0 fully saturated rings. The molecule has 74 valence electrons. The van der Waals surface area contributed by atoms with Gasteiger partial charge in [-0.25, -0.2) is 0 Å². The molecule has 0 atom stereocenters. The molecular weight excluding hydrogens is 178 g/mol. The molecule has 0 bridgehead atoms. The summed E-state index contributed by atoms with van der Waals surface area (Å²) in [5.74, 6) is 0.776. The summed E-state index contributed by atoms with van der Waals surface area (Å²) < 4.78 is 4.97. The molecule has 1 aromatic rings. The molecule has 3 heteroatoms. The average molecular weight is 191 g/mol. The van der Waals surface area contributed by atoms with Crippen LogP contribution in [0.5, 0.6) is 11.5 Å². The van der Waals surface area contributed by atoms with E-state index in [1.807, 2.05) is 19.9 Å². The van der Waals surface area contributed by atoms with E-state index in [0.717, 1.165) is 5.56 Å². The number of hydrogen-bond donors (Lipinski definition) is 1. The summed E-state index contributed by atoms with van der Waals surface area (Å²) >= 11 is 0. The highest BCUT2D eigenvalue weighted by Crippen LogP contribution is 2.32. The summed E-state index contributed by atoms with van der Waals surface area (Å²) in [5.41, 5.74) is 1.22. The van der Waals surface area contributed by atoms with Gasteiger partial charge in [-0.2, -0.15) is 5.26 Å². The van der Waals surface area contributed by atoms with Crippen LogP contribution >= 0.6 is 0 Å². The zero-order chi connectivity index (χ0) is 10.7. The molecule has 14 heavy (non-hydrogen) atoms. The van der Waals surface area contributed by atoms with Crippen molar-refractivity contribution in [1.82, 2.24) is 0 Å². The second kappa shape index (κ2) is 4.01. The first kappa shape index (κ1) is 10.4. The Bertz CT molecular complexity index is 378. The van der Waals surface area contributed by atoms with Crippen molar-refractivity contribution in [3.8, 4) is 17.6 Å². The van der Waals surface area contributed by atoms with Crippen LogP contribution in [0.1, 0.15) is 30.9 Å². The van der Waals surface area contributed by atoms with Gasteiger partial charge in [-0.15, -0.1) is 0 Å². The molecule has 0 saturated heterocycles. The van der Waals surface area contributed by atoms with Gasteiger partial charge >= 0.3 is 0 Å². The van der Waals surface area contributed by atoms with E-state index in [4.69, 9.17) is 10.00 Å². The zero-order valence-corrected chi connectivity index (χ0v) is 8.53. The number of benzene rings is 1. The molecule has 1 aromatic carbocycles. The fourth-order valence-corrected chi connectivity index (χ4v) is 1.30. The third kappa shape index (κ3) is 1.80. The Kier molecular flexibility index (Phi) is 2.98. The minimum absolute atomic E-state index is 0.177. The number of phenols is 1. The van der Waals surface area contributed by atoms with Crippen molar-refractivity contribution >= 4 is 0 Å². The Morgan fingerprint density at radius 1 is 1.43 bits per heavy atom. The highest BCUT2D eigenvalue weighted by atomic mass is 16.5. The van der Waals surface area contributed by atoms with E-state index in [2.05, 4.69) is 0 Å². The molecule has 0 aliphatic carbocycles. The second-order valence-electron chi connectivity index (χ2n) is 3.38. The van der Waals surface area contributed by atoms with Gasteiger partial charge in [0, 0.05) is 6.07 Å². The van der Waals surface area contributed by atoms with Crippen molar-refractivity contribution < 1.29 is 9.84 Å². The molecule has 0 aliphatic heterocycles. The van der Waals surface area contributed by atoms with E-state index < -0.39 is 0 Å². The summed E-state index contributed by atoms with van der Waals surface area (Å²) in [7, 11) is 1.48. The van der Waals surface area contributed by atoms with Gasteiger partial charge in [-0.1, -0.05) is 13.8 Å². The van der Waals surface area contributed by atoms with E-state index in [1.54, 1.807) is 6.07 Å². The van der Waals surface area contributed by atoms with E-state index in [0.29, 0.717) is 11.3 Å². The molecule has 0 radical (unpaired) electrons. The molecular formula is C11H13NO2. The number of phenolic OH excluding ortho intramolecular Hbond substituents is 1. The second-order valence-corrected chi connectivity index (χ2v) is 3.38. The van der Waals surface area contributed by atoms with Crippen molar-refractivity contribution in [1.29, 1.82) is 5.26 Å². The Hall–Kier alpha value is -1.69. The van der Waals surface area contributed by atoms with Crippen LogP contribution in [0.15, 0.2) is 12.1 Å². The molecule has 0 heterocycles. The maximum absolute atomic E-state index is 9.62. The van der Waals surface area contributed by atoms with Crippen LogP contribution in [-0.2, 0) is 0 Å². The average Bonchev–Trinajstić information content (AvgIpc) is 2.16. The molecule has 1 rings (SSSR count). The van der Waals surface area contributed by atoms with E-state index in [1.165, 1.54) is 13.2 Å². The number of nitriles is 1. The van der Waals surface area contributed by atoms with E-state index in [-0.39, 0.29) is 11.7 Å². The van der Waals surface area contributed by atoms with Crippen molar-refractivity contribution in [2.45, 2.75) is 19.8 Å². The standard InChI is InChI=1S/C11H13NO2/c1-7(2)9-4-8(6-12)11(14-3)5-10(9)13/h4-5,7,13H,1-3H3. The lowest BCUT2D eigenvalue weighted by Gasteiger charge is -2.11. The molecule has 0 aromatic heterocycles. The molecule has 1 N–H and O–H groups in total. The van der Waals surface area contributed by atoms with Gasteiger partial charge in [0.1, 0.15) is 17.6 Å². The van der Waals surface area contributed by atoms with Gasteiger partial charge < -0.3 is 9.84 Å². The Balaban J connectivity index is 3.32. The first-order chi connectivity index (χ1) is 6.60. The summed E-state index contributed by atoms with van der Waals surface area (Å²) in [6.45, 7) is 3.92. The highest BCUT2D eigenvalue weighted by molar-refractivity contribution is 5.52. The Morgan fingerprint density at radius 3 is 2.50 bits per heavy atom. The quantitative estimate of drug-likeness (QED) is 0.780. The van der Waals surface area contributed by atoms with Crippen molar-refractivity contribution in [3.63, 3.8) is 0 Å². The van der Waals surface area contributed by atoms with Gasteiger partial charge in [0.2, 0.25) is 0 Å².